The van der Waals surface area contributed by atoms with E-state index in [0.717, 1.165) is 12.1 Å². The van der Waals surface area contributed by atoms with E-state index in [0.29, 0.717) is 26.2 Å². The van der Waals surface area contributed by atoms with Crippen LogP contribution < -0.4 is 15.8 Å². The standard InChI is InChI=1S/C22H27N5O3/c1-15-3-8-19(16(2)13-15)20-14-21(24-23-20)22(28)26-11-9-25(10-12-26)17-4-6-18(7-5-17)27(29)30/h3-8,13,20-21,23-24H,9-12,14H2,1-2H3. The van der Waals surface area contributed by atoms with Gasteiger partial charge in [0.1, 0.15) is 6.04 Å². The highest BCUT2D eigenvalue weighted by Crippen LogP contribution is 2.27. The molecule has 0 spiro atoms. The normalized spacial score (nSPS) is 21.7. The SMILES string of the molecule is Cc1ccc(C2CC(C(=O)N3CCN(c4ccc([N+](=O)[O-])cc4)CC3)NN2)c(C)c1. The number of hydrogen-bond donors (Lipinski definition) is 2. The molecule has 4 rings (SSSR count). The molecule has 1 amide bonds. The van der Waals surface area contributed by atoms with Gasteiger partial charge in [-0.2, -0.15) is 0 Å². The maximum absolute atomic E-state index is 13.0. The minimum absolute atomic E-state index is 0.0886. The third kappa shape index (κ3) is 4.15. The quantitative estimate of drug-likeness (QED) is 0.596. The zero-order valence-corrected chi connectivity index (χ0v) is 17.3. The van der Waals surface area contributed by atoms with Crippen molar-refractivity contribution in [2.45, 2.75) is 32.4 Å². The van der Waals surface area contributed by atoms with Crippen molar-refractivity contribution in [3.8, 4) is 0 Å². The van der Waals surface area contributed by atoms with Crippen molar-refractivity contribution < 1.29 is 9.72 Å². The number of carbonyl (C=O) groups excluding carboxylic acids is 1. The first kappa shape index (κ1) is 20.3. The molecule has 2 N–H and O–H groups in total. The number of piperazine rings is 1. The Kier molecular flexibility index (Phi) is 5.69. The number of amides is 1. The summed E-state index contributed by atoms with van der Waals surface area (Å²) in [5.41, 5.74) is 11.2. The number of nitro benzene ring substituents is 1. The molecule has 0 aromatic heterocycles. The monoisotopic (exact) mass is 409 g/mol. The molecule has 158 valence electrons. The van der Waals surface area contributed by atoms with E-state index >= 15 is 0 Å². The Balaban J connectivity index is 1.33. The number of carbonyl (C=O) groups is 1. The molecule has 2 heterocycles. The zero-order valence-electron chi connectivity index (χ0n) is 17.3. The van der Waals surface area contributed by atoms with Gasteiger partial charge in [-0.1, -0.05) is 23.8 Å². The van der Waals surface area contributed by atoms with Crippen molar-refractivity contribution in [1.82, 2.24) is 15.8 Å². The summed E-state index contributed by atoms with van der Waals surface area (Å²) < 4.78 is 0. The number of anilines is 1. The van der Waals surface area contributed by atoms with Gasteiger partial charge in [0.15, 0.2) is 0 Å². The summed E-state index contributed by atoms with van der Waals surface area (Å²) in [6.07, 6.45) is 0.727. The lowest BCUT2D eigenvalue weighted by molar-refractivity contribution is -0.384. The lowest BCUT2D eigenvalue weighted by Crippen LogP contribution is -2.53. The van der Waals surface area contributed by atoms with E-state index in [1.54, 1.807) is 12.1 Å². The number of aryl methyl sites for hydroxylation is 2. The number of nitrogens with one attached hydrogen (secondary N) is 2. The van der Waals surface area contributed by atoms with E-state index in [1.807, 2.05) is 4.90 Å². The molecule has 0 bridgehead atoms. The van der Waals surface area contributed by atoms with Crippen molar-refractivity contribution in [1.29, 1.82) is 0 Å². The highest BCUT2D eigenvalue weighted by atomic mass is 16.6. The average Bonchev–Trinajstić information content (AvgIpc) is 3.23. The van der Waals surface area contributed by atoms with Crippen LogP contribution in [0.3, 0.4) is 0 Å². The molecule has 2 atom stereocenters. The number of non-ortho nitro benzene ring substituents is 1. The summed E-state index contributed by atoms with van der Waals surface area (Å²) in [4.78, 5) is 27.5. The van der Waals surface area contributed by atoms with Gasteiger partial charge in [0, 0.05) is 50.0 Å². The Hall–Kier alpha value is -2.97. The van der Waals surface area contributed by atoms with Crippen molar-refractivity contribution in [3.05, 3.63) is 69.3 Å². The number of hydrazine groups is 1. The predicted molar refractivity (Wildman–Crippen MR) is 115 cm³/mol. The van der Waals surface area contributed by atoms with Gasteiger partial charge >= 0.3 is 0 Å². The molecule has 0 radical (unpaired) electrons. The fourth-order valence-electron chi connectivity index (χ4n) is 4.33. The van der Waals surface area contributed by atoms with Crippen LogP contribution in [0.1, 0.15) is 29.2 Å². The summed E-state index contributed by atoms with van der Waals surface area (Å²) in [5.74, 6) is 0.123. The molecule has 8 heteroatoms. The largest absolute Gasteiger partial charge is 0.368 e. The second kappa shape index (κ2) is 8.41. The molecule has 0 saturated carbocycles. The van der Waals surface area contributed by atoms with E-state index in [1.165, 1.54) is 28.8 Å². The summed E-state index contributed by atoms with van der Waals surface area (Å²) in [5, 5.41) is 10.8. The maximum Gasteiger partial charge on any atom is 0.269 e. The molecule has 2 aliphatic heterocycles. The molecule has 2 unspecified atom stereocenters. The van der Waals surface area contributed by atoms with E-state index < -0.39 is 4.92 Å². The molecule has 2 fully saturated rings. The topological polar surface area (TPSA) is 90.8 Å². The Labute approximate surface area is 176 Å². The van der Waals surface area contributed by atoms with Crippen LogP contribution in [0.2, 0.25) is 0 Å². The van der Waals surface area contributed by atoms with Crippen LogP contribution >= 0.6 is 0 Å². The zero-order chi connectivity index (χ0) is 21.3. The number of benzene rings is 2. The van der Waals surface area contributed by atoms with Gasteiger partial charge in [0.05, 0.1) is 4.92 Å². The van der Waals surface area contributed by atoms with Gasteiger partial charge in [-0.25, -0.2) is 10.9 Å². The molecule has 2 aromatic carbocycles. The van der Waals surface area contributed by atoms with Gasteiger partial charge < -0.3 is 9.80 Å². The van der Waals surface area contributed by atoms with E-state index in [9.17, 15) is 14.9 Å². The van der Waals surface area contributed by atoms with Crippen molar-refractivity contribution in [2.24, 2.45) is 0 Å². The van der Waals surface area contributed by atoms with Crippen LogP contribution in [-0.2, 0) is 4.79 Å². The number of nitro groups is 1. The molecule has 2 saturated heterocycles. The van der Waals surface area contributed by atoms with Crippen LogP contribution in [0.15, 0.2) is 42.5 Å². The second-order valence-corrected chi connectivity index (χ2v) is 8.08. The first-order chi connectivity index (χ1) is 14.4. The highest BCUT2D eigenvalue weighted by molar-refractivity contribution is 5.82. The highest BCUT2D eigenvalue weighted by Gasteiger charge is 2.34. The number of rotatable bonds is 4. The minimum Gasteiger partial charge on any atom is -0.368 e. The van der Waals surface area contributed by atoms with Crippen LogP contribution in [0, 0.1) is 24.0 Å². The van der Waals surface area contributed by atoms with Crippen LogP contribution in [0.25, 0.3) is 0 Å². The van der Waals surface area contributed by atoms with Gasteiger partial charge in [0.2, 0.25) is 5.91 Å². The molecule has 2 aromatic rings. The number of nitrogens with zero attached hydrogens (tertiary/aromatic N) is 3. The van der Waals surface area contributed by atoms with Crippen molar-refractivity contribution in [2.75, 3.05) is 31.1 Å². The van der Waals surface area contributed by atoms with Crippen molar-refractivity contribution >= 4 is 17.3 Å². The number of hydrogen-bond acceptors (Lipinski definition) is 6. The first-order valence-corrected chi connectivity index (χ1v) is 10.3. The lowest BCUT2D eigenvalue weighted by atomic mass is 9.96. The van der Waals surface area contributed by atoms with Gasteiger partial charge in [-0.3, -0.25) is 14.9 Å². The van der Waals surface area contributed by atoms with Crippen molar-refractivity contribution in [3.63, 3.8) is 0 Å². The van der Waals surface area contributed by atoms with E-state index in [2.05, 4.69) is 47.8 Å². The van der Waals surface area contributed by atoms with Gasteiger partial charge in [-0.15, -0.1) is 0 Å². The van der Waals surface area contributed by atoms with E-state index in [4.69, 9.17) is 0 Å². The maximum atomic E-state index is 13.0. The molecule has 8 nitrogen and oxygen atoms in total. The summed E-state index contributed by atoms with van der Waals surface area (Å²) in [7, 11) is 0. The summed E-state index contributed by atoms with van der Waals surface area (Å²) in [6, 6.07) is 12.9. The van der Waals surface area contributed by atoms with Gasteiger partial charge in [-0.05, 0) is 43.5 Å². The Bertz CT molecular complexity index is 938. The fraction of sp³-hybridized carbons (Fsp3) is 0.409. The Morgan fingerprint density at radius 2 is 1.73 bits per heavy atom. The lowest BCUT2D eigenvalue weighted by Gasteiger charge is -2.37. The van der Waals surface area contributed by atoms with Crippen LogP contribution in [0.5, 0.6) is 0 Å². The van der Waals surface area contributed by atoms with Crippen LogP contribution in [0.4, 0.5) is 11.4 Å². The fourth-order valence-corrected chi connectivity index (χ4v) is 4.33. The molecule has 30 heavy (non-hydrogen) atoms. The first-order valence-electron chi connectivity index (χ1n) is 10.3. The minimum atomic E-state index is -0.394. The third-order valence-corrected chi connectivity index (χ3v) is 6.02. The predicted octanol–water partition coefficient (Wildman–Crippen LogP) is 2.47. The Morgan fingerprint density at radius 3 is 2.37 bits per heavy atom. The third-order valence-electron chi connectivity index (χ3n) is 6.02. The average molecular weight is 409 g/mol. The molecular weight excluding hydrogens is 382 g/mol. The van der Waals surface area contributed by atoms with E-state index in [-0.39, 0.29) is 23.7 Å². The Morgan fingerprint density at radius 1 is 1.03 bits per heavy atom. The summed E-state index contributed by atoms with van der Waals surface area (Å²) >= 11 is 0. The second-order valence-electron chi connectivity index (χ2n) is 8.08. The van der Waals surface area contributed by atoms with Crippen LogP contribution in [-0.4, -0.2) is 48.0 Å². The molecule has 0 aliphatic carbocycles. The molecular formula is C22H27N5O3. The summed E-state index contributed by atoms with van der Waals surface area (Å²) in [6.45, 7) is 6.90. The molecule has 2 aliphatic rings. The smallest absolute Gasteiger partial charge is 0.269 e. The van der Waals surface area contributed by atoms with Gasteiger partial charge in [0.25, 0.3) is 5.69 Å².